The van der Waals surface area contributed by atoms with Gasteiger partial charge in [0.05, 0.1) is 24.5 Å². The van der Waals surface area contributed by atoms with Crippen LogP contribution in [0.25, 0.3) is 16.6 Å². The summed E-state index contributed by atoms with van der Waals surface area (Å²) in [5, 5.41) is 12.9. The second-order valence-electron chi connectivity index (χ2n) is 3.75. The van der Waals surface area contributed by atoms with Gasteiger partial charge >= 0.3 is 5.97 Å². The van der Waals surface area contributed by atoms with Crippen molar-refractivity contribution in [2.24, 2.45) is 0 Å². The minimum absolute atomic E-state index is 0.00314. The SMILES string of the molecule is COC(=O)c1ncn(-c2cnnc3ccccc23)n1. The second-order valence-corrected chi connectivity index (χ2v) is 3.75. The first-order valence-corrected chi connectivity index (χ1v) is 5.50. The normalized spacial score (nSPS) is 10.6. The number of fused-ring (bicyclic) bond motifs is 1. The number of nitrogens with zero attached hydrogens (tertiary/aromatic N) is 5. The van der Waals surface area contributed by atoms with Crippen LogP contribution in [0.1, 0.15) is 10.6 Å². The second kappa shape index (κ2) is 4.45. The summed E-state index contributed by atoms with van der Waals surface area (Å²) in [7, 11) is 1.28. The van der Waals surface area contributed by atoms with Gasteiger partial charge in [-0.05, 0) is 6.07 Å². The molecule has 3 aromatic rings. The first-order chi connectivity index (χ1) is 9.29. The van der Waals surface area contributed by atoms with E-state index in [1.165, 1.54) is 18.1 Å². The van der Waals surface area contributed by atoms with Gasteiger partial charge < -0.3 is 4.74 Å². The summed E-state index contributed by atoms with van der Waals surface area (Å²) in [6.45, 7) is 0. The van der Waals surface area contributed by atoms with E-state index in [0.717, 1.165) is 10.9 Å². The van der Waals surface area contributed by atoms with Crippen molar-refractivity contribution in [3.63, 3.8) is 0 Å². The molecule has 0 bridgehead atoms. The van der Waals surface area contributed by atoms with E-state index in [4.69, 9.17) is 0 Å². The molecule has 0 fully saturated rings. The molecule has 0 amide bonds. The van der Waals surface area contributed by atoms with E-state index in [1.807, 2.05) is 24.3 Å². The Kier molecular flexibility index (Phi) is 2.64. The van der Waals surface area contributed by atoms with Crippen LogP contribution in [0.5, 0.6) is 0 Å². The number of carbonyl (C=O) groups is 1. The van der Waals surface area contributed by atoms with E-state index in [9.17, 15) is 4.79 Å². The summed E-state index contributed by atoms with van der Waals surface area (Å²) in [6.07, 6.45) is 3.01. The molecule has 94 valence electrons. The largest absolute Gasteiger partial charge is 0.463 e. The van der Waals surface area contributed by atoms with Crippen molar-refractivity contribution in [1.29, 1.82) is 0 Å². The van der Waals surface area contributed by atoms with Crippen LogP contribution < -0.4 is 0 Å². The van der Waals surface area contributed by atoms with E-state index in [2.05, 4.69) is 25.0 Å². The highest BCUT2D eigenvalue weighted by molar-refractivity contribution is 5.87. The summed E-state index contributed by atoms with van der Waals surface area (Å²) < 4.78 is 6.04. The van der Waals surface area contributed by atoms with Gasteiger partial charge in [0.2, 0.25) is 0 Å². The minimum atomic E-state index is -0.579. The molecule has 0 radical (unpaired) electrons. The number of esters is 1. The highest BCUT2D eigenvalue weighted by atomic mass is 16.5. The maximum atomic E-state index is 11.3. The third-order valence-corrected chi connectivity index (χ3v) is 2.63. The zero-order chi connectivity index (χ0) is 13.2. The molecule has 2 heterocycles. The lowest BCUT2D eigenvalue weighted by Gasteiger charge is -2.03. The average Bonchev–Trinajstić information content (AvgIpc) is 2.95. The summed E-state index contributed by atoms with van der Waals surface area (Å²) in [5.74, 6) is -0.575. The quantitative estimate of drug-likeness (QED) is 0.635. The zero-order valence-electron chi connectivity index (χ0n) is 10.0. The zero-order valence-corrected chi connectivity index (χ0v) is 10.0. The van der Waals surface area contributed by atoms with Crippen LogP contribution in [-0.4, -0.2) is 38.0 Å². The van der Waals surface area contributed by atoms with Crippen LogP contribution in [0.2, 0.25) is 0 Å². The highest BCUT2D eigenvalue weighted by Crippen LogP contribution is 2.18. The number of hydrogen-bond donors (Lipinski definition) is 0. The van der Waals surface area contributed by atoms with E-state index >= 15 is 0 Å². The van der Waals surface area contributed by atoms with Gasteiger partial charge in [-0.1, -0.05) is 18.2 Å². The van der Waals surface area contributed by atoms with Gasteiger partial charge in [-0.15, -0.1) is 5.10 Å². The molecule has 19 heavy (non-hydrogen) atoms. The number of methoxy groups -OCH3 is 1. The molecule has 0 spiro atoms. The first-order valence-electron chi connectivity index (χ1n) is 5.50. The van der Waals surface area contributed by atoms with Crippen LogP contribution in [0, 0.1) is 0 Å². The van der Waals surface area contributed by atoms with Crippen LogP contribution in [-0.2, 0) is 4.74 Å². The van der Waals surface area contributed by atoms with Crippen LogP contribution in [0.15, 0.2) is 36.8 Å². The summed E-state index contributed by atoms with van der Waals surface area (Å²) >= 11 is 0. The van der Waals surface area contributed by atoms with Crippen molar-refractivity contribution in [2.75, 3.05) is 7.11 Å². The number of ether oxygens (including phenoxy) is 1. The molecule has 3 rings (SSSR count). The molecule has 7 heteroatoms. The van der Waals surface area contributed by atoms with Gasteiger partial charge in [0.15, 0.2) is 0 Å². The third-order valence-electron chi connectivity index (χ3n) is 2.63. The Hall–Kier alpha value is -2.83. The number of rotatable bonds is 2. The van der Waals surface area contributed by atoms with Crippen molar-refractivity contribution in [2.45, 2.75) is 0 Å². The minimum Gasteiger partial charge on any atom is -0.463 e. The molecule has 0 N–H and O–H groups in total. The lowest BCUT2D eigenvalue weighted by atomic mass is 10.2. The molecule has 7 nitrogen and oxygen atoms in total. The molecule has 0 aliphatic heterocycles. The van der Waals surface area contributed by atoms with Crippen LogP contribution in [0.4, 0.5) is 0 Å². The van der Waals surface area contributed by atoms with Crippen molar-refractivity contribution < 1.29 is 9.53 Å². The smallest absolute Gasteiger partial charge is 0.377 e. The standard InChI is InChI=1S/C12H9N5O2/c1-19-12(18)11-13-7-17(16-11)10-6-14-15-9-5-3-2-4-8(9)10/h2-7H,1H3. The monoisotopic (exact) mass is 255 g/mol. The lowest BCUT2D eigenvalue weighted by Crippen LogP contribution is -2.05. The first kappa shape index (κ1) is 11.3. The Balaban J connectivity index is 2.14. The molecule has 0 saturated heterocycles. The average molecular weight is 255 g/mol. The van der Waals surface area contributed by atoms with E-state index in [1.54, 1.807) is 6.20 Å². The van der Waals surface area contributed by atoms with Gasteiger partial charge in [-0.3, -0.25) is 0 Å². The predicted octanol–water partition coefficient (Wildman–Crippen LogP) is 0.997. The highest BCUT2D eigenvalue weighted by Gasteiger charge is 2.13. The maximum Gasteiger partial charge on any atom is 0.377 e. The fraction of sp³-hybridized carbons (Fsp3) is 0.0833. The molecular weight excluding hydrogens is 246 g/mol. The number of aromatic nitrogens is 5. The Morgan fingerprint density at radius 2 is 2.16 bits per heavy atom. The van der Waals surface area contributed by atoms with Gasteiger partial charge in [0, 0.05) is 5.39 Å². The Morgan fingerprint density at radius 3 is 3.00 bits per heavy atom. The Morgan fingerprint density at radius 1 is 1.32 bits per heavy atom. The van der Waals surface area contributed by atoms with Crippen molar-refractivity contribution >= 4 is 16.9 Å². The number of hydrogen-bond acceptors (Lipinski definition) is 6. The van der Waals surface area contributed by atoms with Crippen LogP contribution in [0.3, 0.4) is 0 Å². The van der Waals surface area contributed by atoms with Gasteiger partial charge in [-0.2, -0.15) is 10.2 Å². The summed E-state index contributed by atoms with van der Waals surface area (Å²) in [4.78, 5) is 15.2. The number of benzene rings is 1. The Labute approximate surface area is 107 Å². The van der Waals surface area contributed by atoms with Crippen molar-refractivity contribution in [1.82, 2.24) is 25.0 Å². The molecule has 0 aliphatic rings. The van der Waals surface area contributed by atoms with Gasteiger partial charge in [0.25, 0.3) is 5.82 Å². The van der Waals surface area contributed by atoms with Gasteiger partial charge in [0.1, 0.15) is 6.33 Å². The molecule has 0 unspecified atom stereocenters. The summed E-state index contributed by atoms with van der Waals surface area (Å²) in [5.41, 5.74) is 1.45. The molecular formula is C12H9N5O2. The Bertz CT molecular complexity index is 747. The molecule has 1 aromatic carbocycles. The van der Waals surface area contributed by atoms with Crippen molar-refractivity contribution in [3.8, 4) is 5.69 Å². The predicted molar refractivity (Wildman–Crippen MR) is 65.8 cm³/mol. The number of carbonyl (C=O) groups excluding carboxylic acids is 1. The lowest BCUT2D eigenvalue weighted by molar-refractivity contribution is 0.0587. The van der Waals surface area contributed by atoms with E-state index < -0.39 is 5.97 Å². The molecule has 0 aliphatic carbocycles. The third kappa shape index (κ3) is 1.90. The molecule has 0 saturated carbocycles. The van der Waals surface area contributed by atoms with Crippen LogP contribution >= 0.6 is 0 Å². The molecule has 0 atom stereocenters. The van der Waals surface area contributed by atoms with Gasteiger partial charge in [-0.25, -0.2) is 14.5 Å². The topological polar surface area (TPSA) is 82.8 Å². The van der Waals surface area contributed by atoms with E-state index in [-0.39, 0.29) is 5.82 Å². The fourth-order valence-electron chi connectivity index (χ4n) is 1.74. The van der Waals surface area contributed by atoms with Crippen molar-refractivity contribution in [3.05, 3.63) is 42.6 Å². The fourth-order valence-corrected chi connectivity index (χ4v) is 1.74. The maximum absolute atomic E-state index is 11.3. The van der Waals surface area contributed by atoms with E-state index in [0.29, 0.717) is 5.69 Å². The summed E-state index contributed by atoms with van der Waals surface area (Å²) in [6, 6.07) is 7.52. The molecule has 2 aromatic heterocycles.